The van der Waals surface area contributed by atoms with Gasteiger partial charge in [-0.15, -0.1) is 0 Å². The Morgan fingerprint density at radius 3 is 2.44 bits per heavy atom. The Hall–Kier alpha value is -0.530. The SMILES string of the molecule is CCNC(Cc1ccc(C)cc1Cl)CC(C)(C)C. The monoisotopic (exact) mass is 267 g/mol. The van der Waals surface area contributed by atoms with Crippen LogP contribution in [0.1, 0.15) is 45.2 Å². The third-order valence-electron chi connectivity index (χ3n) is 3.03. The van der Waals surface area contributed by atoms with Crippen LogP contribution in [-0.2, 0) is 6.42 Å². The molecular formula is C16H26ClN. The quantitative estimate of drug-likeness (QED) is 0.822. The average molecular weight is 268 g/mol. The van der Waals surface area contributed by atoms with Crippen molar-refractivity contribution in [3.05, 3.63) is 34.3 Å². The summed E-state index contributed by atoms with van der Waals surface area (Å²) in [6.45, 7) is 12.1. The van der Waals surface area contributed by atoms with Crippen LogP contribution in [0.15, 0.2) is 18.2 Å². The second kappa shape index (κ2) is 6.58. The van der Waals surface area contributed by atoms with Gasteiger partial charge in [-0.2, -0.15) is 0 Å². The van der Waals surface area contributed by atoms with Crippen LogP contribution < -0.4 is 5.32 Å². The molecule has 0 aromatic heterocycles. The number of aryl methyl sites for hydroxylation is 1. The van der Waals surface area contributed by atoms with Gasteiger partial charge in [-0.3, -0.25) is 0 Å². The molecule has 1 unspecified atom stereocenters. The number of benzene rings is 1. The van der Waals surface area contributed by atoms with Gasteiger partial charge in [0.2, 0.25) is 0 Å². The van der Waals surface area contributed by atoms with Gasteiger partial charge in [-0.1, -0.05) is 51.4 Å². The Labute approximate surface area is 117 Å². The molecule has 1 rings (SSSR count). The van der Waals surface area contributed by atoms with Gasteiger partial charge in [0.25, 0.3) is 0 Å². The molecule has 1 aromatic carbocycles. The maximum atomic E-state index is 6.32. The van der Waals surface area contributed by atoms with Crippen molar-refractivity contribution < 1.29 is 0 Å². The van der Waals surface area contributed by atoms with E-state index in [2.05, 4.69) is 58.1 Å². The van der Waals surface area contributed by atoms with Gasteiger partial charge >= 0.3 is 0 Å². The molecule has 0 amide bonds. The fraction of sp³-hybridized carbons (Fsp3) is 0.625. The van der Waals surface area contributed by atoms with Gasteiger partial charge in [0.1, 0.15) is 0 Å². The Balaban J connectivity index is 2.76. The summed E-state index contributed by atoms with van der Waals surface area (Å²) in [7, 11) is 0. The van der Waals surface area contributed by atoms with Crippen molar-refractivity contribution in [1.82, 2.24) is 5.32 Å². The number of nitrogens with one attached hydrogen (secondary N) is 1. The molecule has 18 heavy (non-hydrogen) atoms. The van der Waals surface area contributed by atoms with E-state index < -0.39 is 0 Å². The van der Waals surface area contributed by atoms with Crippen LogP contribution in [-0.4, -0.2) is 12.6 Å². The van der Waals surface area contributed by atoms with Crippen molar-refractivity contribution in [1.29, 1.82) is 0 Å². The summed E-state index contributed by atoms with van der Waals surface area (Å²) in [6.07, 6.45) is 2.16. The van der Waals surface area contributed by atoms with Crippen LogP contribution in [0.4, 0.5) is 0 Å². The standard InChI is InChI=1S/C16H26ClN/c1-6-18-14(11-16(3,4)5)10-13-8-7-12(2)9-15(13)17/h7-9,14,18H,6,10-11H2,1-5H3. The Kier molecular flexibility index (Phi) is 5.68. The highest BCUT2D eigenvalue weighted by Gasteiger charge is 2.19. The molecule has 1 aromatic rings. The molecule has 1 nitrogen and oxygen atoms in total. The van der Waals surface area contributed by atoms with Crippen molar-refractivity contribution in [2.45, 2.75) is 53.5 Å². The Morgan fingerprint density at radius 2 is 1.94 bits per heavy atom. The summed E-state index contributed by atoms with van der Waals surface area (Å²) in [5.41, 5.74) is 2.81. The zero-order valence-corrected chi connectivity index (χ0v) is 13.1. The molecule has 0 aliphatic heterocycles. The molecule has 102 valence electrons. The molecule has 0 bridgehead atoms. The molecule has 0 spiro atoms. The lowest BCUT2D eigenvalue weighted by Crippen LogP contribution is -2.34. The number of halogens is 1. The number of likely N-dealkylation sites (N-methyl/N-ethyl adjacent to an activating group) is 1. The fourth-order valence-electron chi connectivity index (χ4n) is 2.33. The number of hydrogen-bond donors (Lipinski definition) is 1. The minimum Gasteiger partial charge on any atom is -0.314 e. The highest BCUT2D eigenvalue weighted by Crippen LogP contribution is 2.25. The normalized spacial score (nSPS) is 13.7. The lowest BCUT2D eigenvalue weighted by Gasteiger charge is -2.27. The van der Waals surface area contributed by atoms with Crippen molar-refractivity contribution in [3.63, 3.8) is 0 Å². The topological polar surface area (TPSA) is 12.0 Å². The Bertz CT molecular complexity index is 379. The third-order valence-corrected chi connectivity index (χ3v) is 3.38. The van der Waals surface area contributed by atoms with Gasteiger partial charge in [0, 0.05) is 11.1 Å². The van der Waals surface area contributed by atoms with Crippen LogP contribution in [0, 0.1) is 12.3 Å². The van der Waals surface area contributed by atoms with E-state index in [1.165, 1.54) is 11.1 Å². The maximum absolute atomic E-state index is 6.32. The molecule has 0 radical (unpaired) electrons. The zero-order chi connectivity index (χ0) is 13.8. The highest BCUT2D eigenvalue weighted by atomic mass is 35.5. The maximum Gasteiger partial charge on any atom is 0.0441 e. The lowest BCUT2D eigenvalue weighted by molar-refractivity contribution is 0.309. The van der Waals surface area contributed by atoms with E-state index in [0.29, 0.717) is 11.5 Å². The molecule has 0 aliphatic rings. The molecule has 1 atom stereocenters. The summed E-state index contributed by atoms with van der Waals surface area (Å²) in [5, 5.41) is 4.47. The summed E-state index contributed by atoms with van der Waals surface area (Å²) >= 11 is 6.32. The first-order chi connectivity index (χ1) is 8.31. The zero-order valence-electron chi connectivity index (χ0n) is 12.3. The molecule has 0 aliphatic carbocycles. The third kappa shape index (κ3) is 5.41. The van der Waals surface area contributed by atoms with Gasteiger partial charge in [-0.25, -0.2) is 0 Å². The van der Waals surface area contributed by atoms with Crippen LogP contribution in [0.2, 0.25) is 5.02 Å². The van der Waals surface area contributed by atoms with Crippen molar-refractivity contribution in [3.8, 4) is 0 Å². The Morgan fingerprint density at radius 1 is 1.28 bits per heavy atom. The van der Waals surface area contributed by atoms with Gasteiger partial charge in [-0.05, 0) is 48.9 Å². The van der Waals surface area contributed by atoms with E-state index in [4.69, 9.17) is 11.6 Å². The molecule has 0 fully saturated rings. The first-order valence-electron chi connectivity index (χ1n) is 6.80. The minimum absolute atomic E-state index is 0.337. The molecule has 2 heteroatoms. The van der Waals surface area contributed by atoms with Crippen molar-refractivity contribution >= 4 is 11.6 Å². The predicted octanol–water partition coefficient (Wildman–Crippen LogP) is 4.61. The van der Waals surface area contributed by atoms with Crippen LogP contribution in [0.5, 0.6) is 0 Å². The first-order valence-corrected chi connectivity index (χ1v) is 7.18. The van der Waals surface area contributed by atoms with Crippen LogP contribution >= 0.6 is 11.6 Å². The second-order valence-electron chi connectivity index (χ2n) is 6.32. The van der Waals surface area contributed by atoms with E-state index in [0.717, 1.165) is 24.4 Å². The van der Waals surface area contributed by atoms with E-state index in [9.17, 15) is 0 Å². The molecule has 0 saturated carbocycles. The summed E-state index contributed by atoms with van der Waals surface area (Å²) in [5.74, 6) is 0. The average Bonchev–Trinajstić information content (AvgIpc) is 2.20. The smallest absolute Gasteiger partial charge is 0.0441 e. The first kappa shape index (κ1) is 15.5. The van der Waals surface area contributed by atoms with Crippen LogP contribution in [0.25, 0.3) is 0 Å². The van der Waals surface area contributed by atoms with E-state index in [-0.39, 0.29) is 0 Å². The van der Waals surface area contributed by atoms with E-state index in [1.807, 2.05) is 0 Å². The van der Waals surface area contributed by atoms with E-state index in [1.54, 1.807) is 0 Å². The summed E-state index contributed by atoms with van der Waals surface area (Å²) < 4.78 is 0. The minimum atomic E-state index is 0.337. The molecule has 0 heterocycles. The largest absolute Gasteiger partial charge is 0.314 e. The summed E-state index contributed by atoms with van der Waals surface area (Å²) in [4.78, 5) is 0. The second-order valence-corrected chi connectivity index (χ2v) is 6.73. The lowest BCUT2D eigenvalue weighted by atomic mass is 9.85. The van der Waals surface area contributed by atoms with E-state index >= 15 is 0 Å². The van der Waals surface area contributed by atoms with Crippen molar-refractivity contribution in [2.24, 2.45) is 5.41 Å². The predicted molar refractivity (Wildman–Crippen MR) is 81.4 cm³/mol. The van der Waals surface area contributed by atoms with Gasteiger partial charge < -0.3 is 5.32 Å². The molecule has 1 N–H and O–H groups in total. The van der Waals surface area contributed by atoms with Crippen LogP contribution in [0.3, 0.4) is 0 Å². The van der Waals surface area contributed by atoms with Crippen molar-refractivity contribution in [2.75, 3.05) is 6.54 Å². The fourth-order valence-corrected chi connectivity index (χ4v) is 2.64. The molecule has 0 saturated heterocycles. The number of rotatable bonds is 5. The highest BCUT2D eigenvalue weighted by molar-refractivity contribution is 6.31. The van der Waals surface area contributed by atoms with Gasteiger partial charge in [0.05, 0.1) is 0 Å². The number of hydrogen-bond acceptors (Lipinski definition) is 1. The molecular weight excluding hydrogens is 242 g/mol. The summed E-state index contributed by atoms with van der Waals surface area (Å²) in [6, 6.07) is 6.85. The van der Waals surface area contributed by atoms with Gasteiger partial charge in [0.15, 0.2) is 0 Å².